The molecule has 3 N–H and O–H groups in total. The molecule has 144 valence electrons. The molecule has 0 spiro atoms. The number of alkyl halides is 2. The number of rotatable bonds is 5. The molecular formula is C16H20ClF2N3O4. The van der Waals surface area contributed by atoms with Crippen LogP contribution in [0.15, 0.2) is 18.2 Å². The molecule has 1 saturated heterocycles. The van der Waals surface area contributed by atoms with Gasteiger partial charge in [-0.3, -0.25) is 9.59 Å². The van der Waals surface area contributed by atoms with Crippen molar-refractivity contribution in [2.75, 3.05) is 37.7 Å². The topological polar surface area (TPSA) is 93.9 Å². The minimum atomic E-state index is -3.19. The minimum Gasteiger partial charge on any atom is -0.486 e. The number of hydrogen-bond acceptors (Lipinski definition) is 5. The van der Waals surface area contributed by atoms with Gasteiger partial charge < -0.3 is 25.4 Å². The Labute approximate surface area is 155 Å². The number of benzene rings is 1. The second-order valence-corrected chi connectivity index (χ2v) is 5.94. The van der Waals surface area contributed by atoms with Crippen LogP contribution < -0.4 is 25.4 Å². The van der Waals surface area contributed by atoms with E-state index in [4.69, 9.17) is 15.2 Å². The van der Waals surface area contributed by atoms with E-state index in [0.29, 0.717) is 36.9 Å². The molecular weight excluding hydrogens is 372 g/mol. The molecule has 1 aromatic rings. The van der Waals surface area contributed by atoms with Crippen LogP contribution in [0.2, 0.25) is 0 Å². The number of hydrogen-bond donors (Lipinski definition) is 2. The number of carbonyl (C=O) groups is 2. The molecule has 10 heteroatoms. The van der Waals surface area contributed by atoms with Crippen LogP contribution in [0.1, 0.15) is 6.42 Å². The lowest BCUT2D eigenvalue weighted by molar-refractivity contribution is -0.133. The van der Waals surface area contributed by atoms with Crippen LogP contribution in [0.25, 0.3) is 0 Å². The van der Waals surface area contributed by atoms with Crippen LogP contribution in [0.5, 0.6) is 11.5 Å². The molecule has 1 atom stereocenters. The number of ether oxygens (including phenoxy) is 2. The van der Waals surface area contributed by atoms with Gasteiger partial charge in [0, 0.05) is 18.3 Å². The predicted octanol–water partition coefficient (Wildman–Crippen LogP) is 0.943. The Kier molecular flexibility index (Phi) is 6.25. The molecule has 0 aromatic heterocycles. The molecule has 2 amide bonds. The third-order valence-electron chi connectivity index (χ3n) is 4.18. The maximum Gasteiger partial charge on any atom is 0.277 e. The summed E-state index contributed by atoms with van der Waals surface area (Å²) >= 11 is 0. The first-order valence-corrected chi connectivity index (χ1v) is 7.98. The van der Waals surface area contributed by atoms with Gasteiger partial charge in [0.25, 0.3) is 5.92 Å². The standard InChI is InChI=1S/C16H19F2N3O4.ClH/c17-16(18,8-19)9-20-14(22)11-3-4-21(15(11)23)10-1-2-12-13(7-10)25-6-5-24-12;/h1-2,7,11H,3-6,8-9,19H2,(H,20,22);1H. The van der Waals surface area contributed by atoms with E-state index < -0.39 is 36.7 Å². The van der Waals surface area contributed by atoms with E-state index in [1.165, 1.54) is 4.90 Å². The summed E-state index contributed by atoms with van der Waals surface area (Å²) in [4.78, 5) is 26.0. The highest BCUT2D eigenvalue weighted by Crippen LogP contribution is 2.36. The molecule has 2 aliphatic heterocycles. The van der Waals surface area contributed by atoms with E-state index in [2.05, 4.69) is 5.32 Å². The number of nitrogens with two attached hydrogens (primary N) is 1. The summed E-state index contributed by atoms with van der Waals surface area (Å²) in [6.07, 6.45) is 0.257. The van der Waals surface area contributed by atoms with Gasteiger partial charge in [-0.1, -0.05) is 0 Å². The van der Waals surface area contributed by atoms with Gasteiger partial charge in [-0.2, -0.15) is 0 Å². The lowest BCUT2D eigenvalue weighted by Gasteiger charge is -2.22. The fourth-order valence-electron chi connectivity index (χ4n) is 2.79. The molecule has 1 fully saturated rings. The Morgan fingerprint density at radius 2 is 2.00 bits per heavy atom. The van der Waals surface area contributed by atoms with Crippen LogP contribution in [-0.2, 0) is 9.59 Å². The highest BCUT2D eigenvalue weighted by molar-refractivity contribution is 6.09. The van der Waals surface area contributed by atoms with Crippen molar-refractivity contribution in [3.63, 3.8) is 0 Å². The zero-order chi connectivity index (χ0) is 18.0. The number of amides is 2. The van der Waals surface area contributed by atoms with Crippen molar-refractivity contribution in [3.05, 3.63) is 18.2 Å². The molecule has 0 aliphatic carbocycles. The Bertz CT molecular complexity index is 689. The lowest BCUT2D eigenvalue weighted by atomic mass is 10.1. The predicted molar refractivity (Wildman–Crippen MR) is 92.2 cm³/mol. The number of halogens is 3. The maximum absolute atomic E-state index is 13.1. The molecule has 0 saturated carbocycles. The summed E-state index contributed by atoms with van der Waals surface area (Å²) in [7, 11) is 0. The third kappa shape index (κ3) is 4.16. The van der Waals surface area contributed by atoms with E-state index in [-0.39, 0.29) is 18.8 Å². The summed E-state index contributed by atoms with van der Waals surface area (Å²) in [6, 6.07) is 5.08. The Morgan fingerprint density at radius 3 is 2.69 bits per heavy atom. The van der Waals surface area contributed by atoms with Gasteiger partial charge in [-0.05, 0) is 18.6 Å². The number of nitrogens with zero attached hydrogens (tertiary/aromatic N) is 1. The second kappa shape index (κ2) is 8.05. The monoisotopic (exact) mass is 391 g/mol. The van der Waals surface area contributed by atoms with Gasteiger partial charge in [-0.15, -0.1) is 12.4 Å². The molecule has 26 heavy (non-hydrogen) atoms. The summed E-state index contributed by atoms with van der Waals surface area (Å²) < 4.78 is 37.2. The fourth-order valence-corrected chi connectivity index (χ4v) is 2.79. The normalized spacial score (nSPS) is 19.1. The quantitative estimate of drug-likeness (QED) is 0.729. The van der Waals surface area contributed by atoms with Gasteiger partial charge in [0.1, 0.15) is 19.1 Å². The molecule has 0 bridgehead atoms. The van der Waals surface area contributed by atoms with Gasteiger partial charge in [0.15, 0.2) is 11.5 Å². The summed E-state index contributed by atoms with van der Waals surface area (Å²) in [5.41, 5.74) is 5.51. The highest BCUT2D eigenvalue weighted by atomic mass is 35.5. The van der Waals surface area contributed by atoms with Crippen LogP contribution >= 0.6 is 12.4 Å². The van der Waals surface area contributed by atoms with Crippen LogP contribution in [0.4, 0.5) is 14.5 Å². The van der Waals surface area contributed by atoms with Crippen molar-refractivity contribution in [1.82, 2.24) is 5.32 Å². The minimum absolute atomic E-state index is 0. The Balaban J connectivity index is 0.00000243. The van der Waals surface area contributed by atoms with E-state index >= 15 is 0 Å². The molecule has 1 aromatic carbocycles. The first-order valence-electron chi connectivity index (χ1n) is 7.98. The molecule has 0 radical (unpaired) electrons. The number of carbonyl (C=O) groups excluding carboxylic acids is 2. The zero-order valence-electron chi connectivity index (χ0n) is 13.9. The third-order valence-corrected chi connectivity index (χ3v) is 4.18. The first kappa shape index (κ1) is 20.2. The van der Waals surface area contributed by atoms with Crippen molar-refractivity contribution >= 4 is 29.9 Å². The number of fused-ring (bicyclic) bond motifs is 1. The summed E-state index contributed by atoms with van der Waals surface area (Å²) in [5, 5.41) is 2.11. The second-order valence-electron chi connectivity index (χ2n) is 5.94. The smallest absolute Gasteiger partial charge is 0.277 e. The molecule has 7 nitrogen and oxygen atoms in total. The van der Waals surface area contributed by atoms with Crippen molar-refractivity contribution in [2.45, 2.75) is 12.3 Å². The zero-order valence-corrected chi connectivity index (χ0v) is 14.7. The largest absolute Gasteiger partial charge is 0.486 e. The molecule has 1 unspecified atom stereocenters. The van der Waals surface area contributed by atoms with E-state index in [1.54, 1.807) is 18.2 Å². The van der Waals surface area contributed by atoms with Gasteiger partial charge in [0.2, 0.25) is 11.8 Å². The molecule has 2 heterocycles. The van der Waals surface area contributed by atoms with E-state index in [0.717, 1.165) is 0 Å². The summed E-state index contributed by atoms with van der Waals surface area (Å²) in [6.45, 7) is -0.537. The van der Waals surface area contributed by atoms with E-state index in [1.807, 2.05) is 0 Å². The van der Waals surface area contributed by atoms with Crippen LogP contribution in [0.3, 0.4) is 0 Å². The Morgan fingerprint density at radius 1 is 1.31 bits per heavy atom. The molecule has 2 aliphatic rings. The van der Waals surface area contributed by atoms with Crippen LogP contribution in [-0.4, -0.2) is 50.6 Å². The number of nitrogens with one attached hydrogen (secondary N) is 1. The van der Waals surface area contributed by atoms with Crippen molar-refractivity contribution < 1.29 is 27.8 Å². The maximum atomic E-state index is 13.1. The van der Waals surface area contributed by atoms with Crippen molar-refractivity contribution in [3.8, 4) is 11.5 Å². The first-order chi connectivity index (χ1) is 11.9. The fraction of sp³-hybridized carbons (Fsp3) is 0.500. The lowest BCUT2D eigenvalue weighted by Crippen LogP contribution is -2.45. The van der Waals surface area contributed by atoms with Crippen LogP contribution in [0, 0.1) is 5.92 Å². The average molecular weight is 392 g/mol. The van der Waals surface area contributed by atoms with Crippen molar-refractivity contribution in [1.29, 1.82) is 0 Å². The molecule has 3 rings (SSSR count). The highest BCUT2D eigenvalue weighted by Gasteiger charge is 2.39. The van der Waals surface area contributed by atoms with E-state index in [9.17, 15) is 18.4 Å². The summed E-state index contributed by atoms with van der Waals surface area (Å²) in [5.74, 6) is -4.18. The van der Waals surface area contributed by atoms with Gasteiger partial charge in [0.05, 0.1) is 13.1 Å². The Hall–Kier alpha value is -2.13. The van der Waals surface area contributed by atoms with Gasteiger partial charge in [-0.25, -0.2) is 8.78 Å². The SMILES string of the molecule is Cl.NCC(F)(F)CNC(=O)C1CCN(c2ccc3c(c2)OCCO3)C1=O. The number of anilines is 1. The van der Waals surface area contributed by atoms with Gasteiger partial charge >= 0.3 is 0 Å². The average Bonchev–Trinajstić information content (AvgIpc) is 3.01. The van der Waals surface area contributed by atoms with Crippen molar-refractivity contribution in [2.24, 2.45) is 11.7 Å².